The molecule has 2 atom stereocenters. The molecule has 0 spiro atoms. The third kappa shape index (κ3) is 3.00. The Balaban J connectivity index is 1.97. The monoisotopic (exact) mass is 247 g/mol. The number of rotatable bonds is 2. The molecule has 0 bridgehead atoms. The SMILES string of the molecule is CC1CCN(C(=O)Cc2ccc(N)cn2)C(C)C1. The van der Waals surface area contributed by atoms with Gasteiger partial charge in [0.05, 0.1) is 18.3 Å². The molecule has 0 saturated carbocycles. The van der Waals surface area contributed by atoms with E-state index in [0.717, 1.165) is 31.0 Å². The predicted octanol–water partition coefficient (Wildman–Crippen LogP) is 1.85. The maximum atomic E-state index is 12.2. The van der Waals surface area contributed by atoms with Crippen molar-refractivity contribution >= 4 is 11.6 Å². The smallest absolute Gasteiger partial charge is 0.228 e. The molecule has 1 fully saturated rings. The van der Waals surface area contributed by atoms with Crippen molar-refractivity contribution in [2.75, 3.05) is 12.3 Å². The average molecular weight is 247 g/mol. The highest BCUT2D eigenvalue weighted by Crippen LogP contribution is 2.22. The third-order valence-corrected chi connectivity index (χ3v) is 3.64. The molecular weight excluding hydrogens is 226 g/mol. The van der Waals surface area contributed by atoms with Gasteiger partial charge in [-0.25, -0.2) is 0 Å². The number of amides is 1. The molecule has 2 N–H and O–H groups in total. The number of nitrogen functional groups attached to an aromatic ring is 1. The second-order valence-electron chi connectivity index (χ2n) is 5.33. The first-order valence-corrected chi connectivity index (χ1v) is 6.56. The minimum absolute atomic E-state index is 0.173. The number of anilines is 1. The van der Waals surface area contributed by atoms with Crippen molar-refractivity contribution in [1.29, 1.82) is 0 Å². The zero-order chi connectivity index (χ0) is 13.1. The van der Waals surface area contributed by atoms with Crippen LogP contribution in [0.25, 0.3) is 0 Å². The van der Waals surface area contributed by atoms with Crippen LogP contribution in [0.15, 0.2) is 18.3 Å². The van der Waals surface area contributed by atoms with Crippen molar-refractivity contribution in [3.8, 4) is 0 Å². The summed E-state index contributed by atoms with van der Waals surface area (Å²) in [5.74, 6) is 0.894. The van der Waals surface area contributed by atoms with E-state index in [2.05, 4.69) is 18.8 Å². The molecule has 1 amide bonds. The fraction of sp³-hybridized carbons (Fsp3) is 0.571. The van der Waals surface area contributed by atoms with Crippen molar-refractivity contribution < 1.29 is 4.79 Å². The van der Waals surface area contributed by atoms with Crippen LogP contribution in [0, 0.1) is 5.92 Å². The summed E-state index contributed by atoms with van der Waals surface area (Å²) in [6.07, 6.45) is 4.18. The fourth-order valence-corrected chi connectivity index (χ4v) is 2.57. The second-order valence-corrected chi connectivity index (χ2v) is 5.33. The molecule has 1 saturated heterocycles. The fourth-order valence-electron chi connectivity index (χ4n) is 2.57. The van der Waals surface area contributed by atoms with Crippen LogP contribution >= 0.6 is 0 Å². The number of hydrogen-bond acceptors (Lipinski definition) is 3. The number of carbonyl (C=O) groups excluding carboxylic acids is 1. The van der Waals surface area contributed by atoms with E-state index < -0.39 is 0 Å². The summed E-state index contributed by atoms with van der Waals surface area (Å²) in [5, 5.41) is 0. The lowest BCUT2D eigenvalue weighted by atomic mass is 9.93. The molecule has 2 rings (SSSR count). The van der Waals surface area contributed by atoms with Gasteiger partial charge >= 0.3 is 0 Å². The number of carbonyl (C=O) groups is 1. The van der Waals surface area contributed by atoms with Gasteiger partial charge in [0.25, 0.3) is 0 Å². The minimum atomic E-state index is 0.173. The highest BCUT2D eigenvalue weighted by molar-refractivity contribution is 5.78. The zero-order valence-electron chi connectivity index (χ0n) is 11.1. The normalized spacial score (nSPS) is 24.0. The molecule has 0 aliphatic carbocycles. The molecular formula is C14H21N3O. The summed E-state index contributed by atoms with van der Waals surface area (Å²) >= 11 is 0. The summed E-state index contributed by atoms with van der Waals surface area (Å²) < 4.78 is 0. The number of nitrogens with zero attached hydrogens (tertiary/aromatic N) is 2. The molecule has 98 valence electrons. The van der Waals surface area contributed by atoms with Crippen LogP contribution in [0.2, 0.25) is 0 Å². The van der Waals surface area contributed by atoms with E-state index in [-0.39, 0.29) is 5.91 Å². The summed E-state index contributed by atoms with van der Waals surface area (Å²) in [6.45, 7) is 5.25. The van der Waals surface area contributed by atoms with Gasteiger partial charge in [0.1, 0.15) is 0 Å². The van der Waals surface area contributed by atoms with Gasteiger partial charge in [-0.05, 0) is 37.8 Å². The third-order valence-electron chi connectivity index (χ3n) is 3.64. The van der Waals surface area contributed by atoms with Crippen molar-refractivity contribution in [2.45, 2.75) is 39.2 Å². The molecule has 1 aliphatic rings. The highest BCUT2D eigenvalue weighted by Gasteiger charge is 2.26. The molecule has 1 aromatic heterocycles. The Morgan fingerprint density at radius 1 is 1.50 bits per heavy atom. The minimum Gasteiger partial charge on any atom is -0.397 e. The Labute approximate surface area is 108 Å². The van der Waals surface area contributed by atoms with E-state index in [4.69, 9.17) is 5.73 Å². The summed E-state index contributed by atoms with van der Waals surface area (Å²) in [4.78, 5) is 18.4. The van der Waals surface area contributed by atoms with E-state index in [9.17, 15) is 4.79 Å². The largest absolute Gasteiger partial charge is 0.397 e. The van der Waals surface area contributed by atoms with Crippen LogP contribution in [-0.4, -0.2) is 28.4 Å². The van der Waals surface area contributed by atoms with Crippen LogP contribution < -0.4 is 5.73 Å². The first kappa shape index (κ1) is 12.9. The molecule has 1 aliphatic heterocycles. The molecule has 4 heteroatoms. The van der Waals surface area contributed by atoms with Crippen LogP contribution in [-0.2, 0) is 11.2 Å². The van der Waals surface area contributed by atoms with Crippen LogP contribution in [0.1, 0.15) is 32.4 Å². The Morgan fingerprint density at radius 2 is 2.28 bits per heavy atom. The summed E-state index contributed by atoms with van der Waals surface area (Å²) in [7, 11) is 0. The summed E-state index contributed by atoms with van der Waals surface area (Å²) in [5.41, 5.74) is 7.00. The molecule has 2 heterocycles. The lowest BCUT2D eigenvalue weighted by Gasteiger charge is -2.36. The molecule has 18 heavy (non-hydrogen) atoms. The number of piperidine rings is 1. The van der Waals surface area contributed by atoms with Crippen LogP contribution in [0.5, 0.6) is 0 Å². The van der Waals surface area contributed by atoms with Crippen molar-refractivity contribution in [3.05, 3.63) is 24.0 Å². The van der Waals surface area contributed by atoms with Crippen LogP contribution in [0.3, 0.4) is 0 Å². The van der Waals surface area contributed by atoms with E-state index >= 15 is 0 Å². The molecule has 1 aromatic rings. The average Bonchev–Trinajstić information content (AvgIpc) is 2.32. The predicted molar refractivity (Wildman–Crippen MR) is 71.9 cm³/mol. The van der Waals surface area contributed by atoms with Gasteiger partial charge in [0.15, 0.2) is 0 Å². The van der Waals surface area contributed by atoms with Gasteiger partial charge in [-0.1, -0.05) is 6.92 Å². The van der Waals surface area contributed by atoms with Gasteiger partial charge in [0.2, 0.25) is 5.91 Å². The number of pyridine rings is 1. The first-order chi connectivity index (χ1) is 8.56. The van der Waals surface area contributed by atoms with Gasteiger partial charge in [-0.2, -0.15) is 0 Å². The first-order valence-electron chi connectivity index (χ1n) is 6.56. The van der Waals surface area contributed by atoms with Crippen LogP contribution in [0.4, 0.5) is 5.69 Å². The molecule has 2 unspecified atom stereocenters. The van der Waals surface area contributed by atoms with E-state index in [1.165, 1.54) is 0 Å². The molecule has 0 radical (unpaired) electrons. The number of aromatic nitrogens is 1. The standard InChI is InChI=1S/C14H21N3O/c1-10-5-6-17(11(2)7-10)14(18)8-13-4-3-12(15)9-16-13/h3-4,9-11H,5-8,15H2,1-2H3. The maximum Gasteiger partial charge on any atom is 0.228 e. The number of nitrogens with two attached hydrogens (primary N) is 1. The Morgan fingerprint density at radius 3 is 2.89 bits per heavy atom. The van der Waals surface area contributed by atoms with E-state index in [1.54, 1.807) is 12.3 Å². The van der Waals surface area contributed by atoms with Gasteiger partial charge in [-0.3, -0.25) is 9.78 Å². The lowest BCUT2D eigenvalue weighted by Crippen LogP contribution is -2.44. The Bertz CT molecular complexity index is 416. The lowest BCUT2D eigenvalue weighted by molar-refractivity contribution is -0.134. The number of hydrogen-bond donors (Lipinski definition) is 1. The highest BCUT2D eigenvalue weighted by atomic mass is 16.2. The maximum absolute atomic E-state index is 12.2. The van der Waals surface area contributed by atoms with Crippen molar-refractivity contribution in [3.63, 3.8) is 0 Å². The Hall–Kier alpha value is -1.58. The van der Waals surface area contributed by atoms with E-state index in [0.29, 0.717) is 18.2 Å². The summed E-state index contributed by atoms with van der Waals surface area (Å²) in [6, 6.07) is 3.96. The molecule has 4 nitrogen and oxygen atoms in total. The zero-order valence-corrected chi connectivity index (χ0v) is 11.1. The quantitative estimate of drug-likeness (QED) is 0.867. The van der Waals surface area contributed by atoms with E-state index in [1.807, 2.05) is 11.0 Å². The Kier molecular flexibility index (Phi) is 3.84. The topological polar surface area (TPSA) is 59.2 Å². The van der Waals surface area contributed by atoms with Gasteiger partial charge < -0.3 is 10.6 Å². The number of likely N-dealkylation sites (tertiary alicyclic amines) is 1. The van der Waals surface area contributed by atoms with Gasteiger partial charge in [-0.15, -0.1) is 0 Å². The van der Waals surface area contributed by atoms with Crippen molar-refractivity contribution in [1.82, 2.24) is 9.88 Å². The van der Waals surface area contributed by atoms with Gasteiger partial charge in [0, 0.05) is 18.3 Å². The van der Waals surface area contributed by atoms with Crippen molar-refractivity contribution in [2.24, 2.45) is 5.92 Å². The second kappa shape index (κ2) is 5.38. The molecule has 0 aromatic carbocycles.